The third kappa shape index (κ3) is 19.0. The SMILES string of the molecule is ClC(Cl)=CCCCCCSCCCCCC=C(Cl)Cl. The lowest BCUT2D eigenvalue weighted by atomic mass is 10.2. The molecule has 0 nitrogen and oxygen atoms in total. The van der Waals surface area contributed by atoms with Crippen LogP contribution in [0.5, 0.6) is 0 Å². The van der Waals surface area contributed by atoms with Crippen molar-refractivity contribution in [3.05, 3.63) is 21.1 Å². The van der Waals surface area contributed by atoms with Crippen LogP contribution in [0.25, 0.3) is 0 Å². The van der Waals surface area contributed by atoms with Crippen LogP contribution in [-0.4, -0.2) is 11.5 Å². The van der Waals surface area contributed by atoms with Crippen molar-refractivity contribution in [1.82, 2.24) is 0 Å². The molecule has 0 fully saturated rings. The minimum absolute atomic E-state index is 0.389. The summed E-state index contributed by atoms with van der Waals surface area (Å²) in [5.41, 5.74) is 0. The summed E-state index contributed by atoms with van der Waals surface area (Å²) in [6, 6.07) is 0. The predicted molar refractivity (Wildman–Crippen MR) is 93.8 cm³/mol. The summed E-state index contributed by atoms with van der Waals surface area (Å²) in [5.74, 6) is 2.51. The zero-order valence-electron chi connectivity index (χ0n) is 11.1. The number of halogens is 4. The van der Waals surface area contributed by atoms with Crippen LogP contribution in [0.2, 0.25) is 0 Å². The summed E-state index contributed by atoms with van der Waals surface area (Å²) in [6.07, 6.45) is 13.1. The lowest BCUT2D eigenvalue weighted by molar-refractivity contribution is 0.726. The van der Waals surface area contributed by atoms with Crippen molar-refractivity contribution >= 4 is 58.2 Å². The van der Waals surface area contributed by atoms with Gasteiger partial charge in [-0.3, -0.25) is 0 Å². The Kier molecular flexibility index (Phi) is 16.2. The first-order valence-electron chi connectivity index (χ1n) is 6.73. The Bertz CT molecular complexity index is 230. The minimum atomic E-state index is 0.389. The van der Waals surface area contributed by atoms with Crippen LogP contribution in [0.3, 0.4) is 0 Å². The quantitative estimate of drug-likeness (QED) is 0.324. The van der Waals surface area contributed by atoms with Gasteiger partial charge in [-0.15, -0.1) is 0 Å². The predicted octanol–water partition coefficient (Wildman–Crippen LogP) is 7.48. The average Bonchev–Trinajstić information content (AvgIpc) is 2.34. The molecular weight excluding hydrogens is 342 g/mol. The van der Waals surface area contributed by atoms with E-state index in [1.54, 1.807) is 0 Å². The van der Waals surface area contributed by atoms with Crippen molar-refractivity contribution in [2.45, 2.75) is 51.4 Å². The Morgan fingerprint density at radius 1 is 0.632 bits per heavy atom. The second kappa shape index (κ2) is 15.4. The van der Waals surface area contributed by atoms with Gasteiger partial charge in [0.15, 0.2) is 0 Å². The van der Waals surface area contributed by atoms with Gasteiger partial charge >= 0.3 is 0 Å². The zero-order chi connectivity index (χ0) is 14.3. The number of unbranched alkanes of at least 4 members (excludes halogenated alkanes) is 6. The van der Waals surface area contributed by atoms with E-state index in [2.05, 4.69) is 0 Å². The Morgan fingerprint density at radius 2 is 1.05 bits per heavy atom. The van der Waals surface area contributed by atoms with Crippen LogP contribution >= 0.6 is 58.2 Å². The summed E-state index contributed by atoms with van der Waals surface area (Å²) in [6.45, 7) is 0. The molecule has 19 heavy (non-hydrogen) atoms. The van der Waals surface area contributed by atoms with Gasteiger partial charge in [0.05, 0.1) is 0 Å². The van der Waals surface area contributed by atoms with Crippen LogP contribution in [0.1, 0.15) is 51.4 Å². The van der Waals surface area contributed by atoms with E-state index in [1.807, 2.05) is 23.9 Å². The highest BCUT2D eigenvalue weighted by atomic mass is 35.5. The van der Waals surface area contributed by atoms with E-state index in [-0.39, 0.29) is 0 Å². The molecular formula is C14H22Cl4S. The second-order valence-electron chi connectivity index (χ2n) is 4.30. The van der Waals surface area contributed by atoms with E-state index in [0.717, 1.165) is 12.8 Å². The third-order valence-corrected chi connectivity index (χ3v) is 4.35. The zero-order valence-corrected chi connectivity index (χ0v) is 15.0. The highest BCUT2D eigenvalue weighted by molar-refractivity contribution is 7.99. The molecule has 0 atom stereocenters. The van der Waals surface area contributed by atoms with Crippen LogP contribution in [0.4, 0.5) is 0 Å². The van der Waals surface area contributed by atoms with Crippen LogP contribution in [-0.2, 0) is 0 Å². The topological polar surface area (TPSA) is 0 Å². The first-order valence-corrected chi connectivity index (χ1v) is 9.39. The molecule has 0 unspecified atom stereocenters. The Balaban J connectivity index is 3.07. The molecule has 0 aliphatic carbocycles. The van der Waals surface area contributed by atoms with Gasteiger partial charge in [-0.1, -0.05) is 71.4 Å². The fraction of sp³-hybridized carbons (Fsp3) is 0.714. The molecule has 0 aliphatic heterocycles. The van der Waals surface area contributed by atoms with E-state index in [0.29, 0.717) is 8.98 Å². The van der Waals surface area contributed by atoms with Crippen LogP contribution in [0, 0.1) is 0 Å². The molecule has 5 heteroatoms. The molecule has 0 rings (SSSR count). The molecule has 0 radical (unpaired) electrons. The first-order chi connectivity index (χ1) is 9.13. The third-order valence-electron chi connectivity index (χ3n) is 2.58. The normalized spacial score (nSPS) is 10.3. The van der Waals surface area contributed by atoms with Crippen LogP contribution in [0.15, 0.2) is 21.1 Å². The summed E-state index contributed by atoms with van der Waals surface area (Å²) in [5, 5.41) is 0. The van der Waals surface area contributed by atoms with E-state index >= 15 is 0 Å². The number of rotatable bonds is 12. The summed E-state index contributed by atoms with van der Waals surface area (Å²) < 4.78 is 0.777. The van der Waals surface area contributed by atoms with Crippen molar-refractivity contribution in [1.29, 1.82) is 0 Å². The second-order valence-corrected chi connectivity index (χ2v) is 7.54. The molecule has 0 saturated heterocycles. The van der Waals surface area contributed by atoms with Crippen molar-refractivity contribution in [3.8, 4) is 0 Å². The highest BCUT2D eigenvalue weighted by Crippen LogP contribution is 2.14. The van der Waals surface area contributed by atoms with E-state index < -0.39 is 0 Å². The van der Waals surface area contributed by atoms with Gasteiger partial charge in [-0.25, -0.2) is 0 Å². The summed E-state index contributed by atoms with van der Waals surface area (Å²) in [4.78, 5) is 0. The molecule has 0 amide bonds. The molecule has 0 aromatic rings. The lowest BCUT2D eigenvalue weighted by Crippen LogP contribution is -1.85. The Hall–Kier alpha value is 0.990. The van der Waals surface area contributed by atoms with Gasteiger partial charge < -0.3 is 0 Å². The number of allylic oxidation sites excluding steroid dienone is 2. The summed E-state index contributed by atoms with van der Waals surface area (Å²) >= 11 is 24.2. The number of hydrogen-bond acceptors (Lipinski definition) is 1. The Morgan fingerprint density at radius 3 is 1.42 bits per heavy atom. The minimum Gasteiger partial charge on any atom is -0.162 e. The summed E-state index contributed by atoms with van der Waals surface area (Å²) in [7, 11) is 0. The molecule has 112 valence electrons. The van der Waals surface area contributed by atoms with Gasteiger partial charge in [-0.05, 0) is 50.0 Å². The molecule has 0 spiro atoms. The fourth-order valence-electron chi connectivity index (χ4n) is 1.57. The van der Waals surface area contributed by atoms with E-state index in [4.69, 9.17) is 46.4 Å². The van der Waals surface area contributed by atoms with Gasteiger partial charge in [0.2, 0.25) is 0 Å². The van der Waals surface area contributed by atoms with E-state index in [1.165, 1.54) is 50.0 Å². The molecule has 0 N–H and O–H groups in total. The van der Waals surface area contributed by atoms with Crippen molar-refractivity contribution in [2.24, 2.45) is 0 Å². The molecule has 0 bridgehead atoms. The standard InChI is InChI=1S/C14H22Cl4S/c15-13(16)9-5-1-3-7-11-19-12-8-4-2-6-10-14(17)18/h9-10H,1-8,11-12H2. The van der Waals surface area contributed by atoms with E-state index in [9.17, 15) is 0 Å². The lowest BCUT2D eigenvalue weighted by Gasteiger charge is -2.01. The molecule has 0 aliphatic rings. The first kappa shape index (κ1) is 20.0. The number of thioether (sulfide) groups is 1. The largest absolute Gasteiger partial charge is 0.162 e. The van der Waals surface area contributed by atoms with Crippen molar-refractivity contribution in [2.75, 3.05) is 11.5 Å². The van der Waals surface area contributed by atoms with Gasteiger partial charge in [0, 0.05) is 0 Å². The molecule has 0 heterocycles. The smallest absolute Gasteiger partial charge is 0.102 e. The molecule has 0 aromatic heterocycles. The Labute approximate surface area is 141 Å². The van der Waals surface area contributed by atoms with Gasteiger partial charge in [0.1, 0.15) is 8.98 Å². The fourth-order valence-corrected chi connectivity index (χ4v) is 3.03. The average molecular weight is 364 g/mol. The van der Waals surface area contributed by atoms with Crippen LogP contribution < -0.4 is 0 Å². The molecule has 0 saturated carbocycles. The maximum absolute atomic E-state index is 5.53. The van der Waals surface area contributed by atoms with Gasteiger partial charge in [0.25, 0.3) is 0 Å². The van der Waals surface area contributed by atoms with Crippen molar-refractivity contribution in [3.63, 3.8) is 0 Å². The monoisotopic (exact) mass is 362 g/mol. The molecule has 0 aromatic carbocycles. The van der Waals surface area contributed by atoms with Crippen molar-refractivity contribution < 1.29 is 0 Å². The highest BCUT2D eigenvalue weighted by Gasteiger charge is 1.93. The maximum atomic E-state index is 5.53. The van der Waals surface area contributed by atoms with Gasteiger partial charge in [-0.2, -0.15) is 11.8 Å². The maximum Gasteiger partial charge on any atom is 0.102 e. The number of hydrogen-bond donors (Lipinski definition) is 0.